The summed E-state index contributed by atoms with van der Waals surface area (Å²) in [5.74, 6) is 3.34. The van der Waals surface area contributed by atoms with Crippen LogP contribution in [0.3, 0.4) is 0 Å². The minimum atomic E-state index is -0.534. The molecule has 41 heavy (non-hydrogen) atoms. The summed E-state index contributed by atoms with van der Waals surface area (Å²) in [6, 6.07) is 36.1. The predicted molar refractivity (Wildman–Crippen MR) is 175 cm³/mol. The highest BCUT2D eigenvalue weighted by Crippen LogP contribution is 2.46. The second kappa shape index (κ2) is 11.3. The molecule has 0 aromatic heterocycles. The molecule has 4 aromatic carbocycles. The average Bonchev–Trinajstić information content (AvgIpc) is 2.92. The minimum absolute atomic E-state index is 0.0694. The molecule has 0 aliphatic carbocycles. The van der Waals surface area contributed by atoms with Gasteiger partial charge in [0.25, 0.3) is 0 Å². The van der Waals surface area contributed by atoms with Gasteiger partial charge in [0.05, 0.1) is 5.41 Å². The van der Waals surface area contributed by atoms with Crippen LogP contribution in [-0.2, 0) is 21.7 Å². The lowest BCUT2D eigenvalue weighted by Crippen LogP contribution is -2.31. The van der Waals surface area contributed by atoms with Gasteiger partial charge in [-0.25, -0.2) is 0 Å². The van der Waals surface area contributed by atoms with E-state index in [2.05, 4.69) is 153 Å². The molecule has 0 spiro atoms. The fourth-order valence-corrected chi connectivity index (χ4v) is 5.59. The molecule has 212 valence electrons. The van der Waals surface area contributed by atoms with Gasteiger partial charge in [-0.1, -0.05) is 153 Å². The third-order valence-electron chi connectivity index (χ3n) is 8.16. The Labute approximate surface area is 249 Å². The number of benzene rings is 4. The molecule has 0 N–H and O–H groups in total. The summed E-state index contributed by atoms with van der Waals surface area (Å²) in [7, 11) is 0. The van der Waals surface area contributed by atoms with Crippen LogP contribution < -0.4 is 4.74 Å². The van der Waals surface area contributed by atoms with Crippen LogP contribution in [-0.4, -0.2) is 6.61 Å². The predicted octanol–water partition coefficient (Wildman–Crippen LogP) is 9.97. The van der Waals surface area contributed by atoms with Crippen molar-refractivity contribution in [3.05, 3.63) is 136 Å². The molecule has 1 heteroatoms. The van der Waals surface area contributed by atoms with Crippen molar-refractivity contribution in [2.45, 2.75) is 84.0 Å². The van der Waals surface area contributed by atoms with Crippen molar-refractivity contribution in [2.75, 3.05) is 6.61 Å². The lowest BCUT2D eigenvalue weighted by Gasteiger charge is -2.38. The van der Waals surface area contributed by atoms with Gasteiger partial charge in [0.1, 0.15) is 12.4 Å². The Morgan fingerprint density at radius 3 is 0.927 bits per heavy atom. The van der Waals surface area contributed by atoms with Crippen molar-refractivity contribution in [1.82, 2.24) is 0 Å². The summed E-state index contributed by atoms with van der Waals surface area (Å²) in [5.41, 5.74) is 8.51. The van der Waals surface area contributed by atoms with E-state index in [1.165, 1.54) is 38.9 Å². The molecule has 4 aromatic rings. The largest absolute Gasteiger partial charge is 0.481 e. The Balaban J connectivity index is 2.05. The molecule has 4 rings (SSSR count). The first-order valence-corrected chi connectivity index (χ1v) is 14.7. The summed E-state index contributed by atoms with van der Waals surface area (Å²) in [6.07, 6.45) is 5.46. The number of ether oxygens (including phenoxy) is 1. The molecule has 0 fully saturated rings. The van der Waals surface area contributed by atoms with Crippen molar-refractivity contribution in [3.63, 3.8) is 0 Å². The van der Waals surface area contributed by atoms with Gasteiger partial charge in [0, 0.05) is 0 Å². The molecule has 0 bridgehead atoms. The van der Waals surface area contributed by atoms with Gasteiger partial charge in [0.15, 0.2) is 0 Å². The summed E-state index contributed by atoms with van der Waals surface area (Å²) < 4.78 is 5.76. The smallest absolute Gasteiger partial charge is 0.148 e. The Kier molecular flexibility index (Phi) is 8.29. The topological polar surface area (TPSA) is 9.23 Å². The number of terminal acetylenes is 1. The maximum Gasteiger partial charge on any atom is 0.148 e. The molecule has 0 saturated carbocycles. The molecule has 0 radical (unpaired) electrons. The van der Waals surface area contributed by atoms with Crippen molar-refractivity contribution in [3.8, 4) is 18.1 Å². The summed E-state index contributed by atoms with van der Waals surface area (Å²) in [4.78, 5) is 0. The zero-order valence-corrected chi connectivity index (χ0v) is 26.4. The van der Waals surface area contributed by atoms with E-state index in [-0.39, 0.29) is 22.9 Å². The number of rotatable bonds is 6. The Bertz CT molecular complexity index is 1330. The Hall–Kier alpha value is -3.76. The monoisotopic (exact) mass is 542 g/mol. The molecule has 0 aliphatic heterocycles. The van der Waals surface area contributed by atoms with Gasteiger partial charge in [0.2, 0.25) is 0 Å². The normalized spacial score (nSPS) is 12.6. The van der Waals surface area contributed by atoms with Crippen LogP contribution in [0.4, 0.5) is 0 Å². The lowest BCUT2D eigenvalue weighted by molar-refractivity contribution is 0.370. The second-order valence-corrected chi connectivity index (χ2v) is 14.2. The van der Waals surface area contributed by atoms with E-state index in [0.29, 0.717) is 0 Å². The highest BCUT2D eigenvalue weighted by Gasteiger charge is 2.39. The zero-order chi connectivity index (χ0) is 30.1. The van der Waals surface area contributed by atoms with E-state index in [1.807, 2.05) is 12.1 Å². The second-order valence-electron chi connectivity index (χ2n) is 14.2. The Morgan fingerprint density at radius 1 is 0.439 bits per heavy atom. The Morgan fingerprint density at radius 2 is 0.683 bits per heavy atom. The lowest BCUT2D eigenvalue weighted by atomic mass is 9.64. The summed E-state index contributed by atoms with van der Waals surface area (Å²) in [6.45, 7) is 20.6. The van der Waals surface area contributed by atoms with E-state index in [9.17, 15) is 0 Å². The molecule has 1 nitrogen and oxygen atoms in total. The van der Waals surface area contributed by atoms with Crippen LogP contribution in [0.15, 0.2) is 97.1 Å². The number of hydrogen-bond acceptors (Lipinski definition) is 1. The van der Waals surface area contributed by atoms with Gasteiger partial charge in [-0.3, -0.25) is 0 Å². The van der Waals surface area contributed by atoms with E-state index in [4.69, 9.17) is 11.2 Å². The van der Waals surface area contributed by atoms with Crippen LogP contribution in [0.2, 0.25) is 0 Å². The first kappa shape index (κ1) is 30.2. The van der Waals surface area contributed by atoms with E-state index >= 15 is 0 Å². The third kappa shape index (κ3) is 6.28. The van der Waals surface area contributed by atoms with Crippen molar-refractivity contribution >= 4 is 0 Å². The van der Waals surface area contributed by atoms with E-state index in [0.717, 1.165) is 5.75 Å². The average molecular weight is 543 g/mol. The van der Waals surface area contributed by atoms with E-state index < -0.39 is 5.41 Å². The highest BCUT2D eigenvalue weighted by atomic mass is 16.5. The van der Waals surface area contributed by atoms with Gasteiger partial charge >= 0.3 is 0 Å². The molecule has 0 atom stereocenters. The van der Waals surface area contributed by atoms with Gasteiger partial charge in [-0.15, -0.1) is 6.42 Å². The molecule has 0 aliphatic rings. The number of hydrogen-bond donors (Lipinski definition) is 0. The molecular weight excluding hydrogens is 496 g/mol. The minimum Gasteiger partial charge on any atom is -0.481 e. The van der Waals surface area contributed by atoms with Crippen LogP contribution >= 0.6 is 0 Å². The maximum absolute atomic E-state index is 5.76. The SMILES string of the molecule is C#CCOc1ccc(C(c2ccc(C(C)(C)C)cc2)(c2ccc(C(C)(C)C)cc2)c2ccc(C(C)(C)C)cc2)cc1. The summed E-state index contributed by atoms with van der Waals surface area (Å²) >= 11 is 0. The third-order valence-corrected chi connectivity index (χ3v) is 8.16. The molecule has 0 saturated heterocycles. The van der Waals surface area contributed by atoms with Gasteiger partial charge in [-0.05, 0) is 67.3 Å². The van der Waals surface area contributed by atoms with Crippen LogP contribution in [0.25, 0.3) is 0 Å². The quantitative estimate of drug-likeness (QED) is 0.174. The fraction of sp³-hybridized carbons (Fsp3) is 0.350. The maximum atomic E-state index is 5.76. The van der Waals surface area contributed by atoms with Gasteiger partial charge in [-0.2, -0.15) is 0 Å². The highest BCUT2D eigenvalue weighted by molar-refractivity contribution is 5.61. The van der Waals surface area contributed by atoms with Crippen LogP contribution in [0, 0.1) is 12.3 Å². The van der Waals surface area contributed by atoms with Crippen LogP contribution in [0.5, 0.6) is 5.75 Å². The first-order chi connectivity index (χ1) is 19.2. The molecule has 0 heterocycles. The molecule has 0 unspecified atom stereocenters. The fourth-order valence-electron chi connectivity index (χ4n) is 5.59. The van der Waals surface area contributed by atoms with Gasteiger partial charge < -0.3 is 4.74 Å². The summed E-state index contributed by atoms with van der Waals surface area (Å²) in [5, 5.41) is 0. The first-order valence-electron chi connectivity index (χ1n) is 14.7. The standard InChI is InChI=1S/C40H46O/c1-11-28-41-36-26-24-35(25-27-36)40(32-18-12-29(13-19-32)37(2,3)4,33-20-14-30(15-21-33)38(5,6)7)34-22-16-31(17-23-34)39(8,9)10/h1,12-27H,28H2,2-10H3. The van der Waals surface area contributed by atoms with Crippen molar-refractivity contribution in [1.29, 1.82) is 0 Å². The van der Waals surface area contributed by atoms with E-state index in [1.54, 1.807) is 0 Å². The van der Waals surface area contributed by atoms with Crippen molar-refractivity contribution < 1.29 is 4.74 Å². The molecular formula is C40H46O. The molecule has 0 amide bonds. The van der Waals surface area contributed by atoms with Crippen LogP contribution in [0.1, 0.15) is 101 Å². The van der Waals surface area contributed by atoms with Crippen molar-refractivity contribution in [2.24, 2.45) is 0 Å². The zero-order valence-electron chi connectivity index (χ0n) is 26.4.